The molecule has 0 amide bonds. The third-order valence-electron chi connectivity index (χ3n) is 5.05. The number of hydrogen-bond acceptors (Lipinski definition) is 7. The van der Waals surface area contributed by atoms with Gasteiger partial charge in [0.2, 0.25) is 0 Å². The predicted molar refractivity (Wildman–Crippen MR) is 79.5 cm³/mol. The molecule has 0 aromatic heterocycles. The highest BCUT2D eigenvalue weighted by atomic mass is 32.2. The summed E-state index contributed by atoms with van der Waals surface area (Å²) < 4.78 is 22.2. The predicted octanol–water partition coefficient (Wildman–Crippen LogP) is 0.639. The Bertz CT molecular complexity index is 370. The number of rotatable bonds is 6. The van der Waals surface area contributed by atoms with Gasteiger partial charge in [-0.05, 0) is 25.0 Å². The summed E-state index contributed by atoms with van der Waals surface area (Å²) in [4.78, 5) is 0. The molecule has 0 spiro atoms. The minimum atomic E-state index is -0.857. The molecule has 4 bridgehead atoms. The number of aliphatic hydroxyl groups excluding tert-OH is 2. The summed E-state index contributed by atoms with van der Waals surface area (Å²) in [6, 6.07) is 0. The lowest BCUT2D eigenvalue weighted by Gasteiger charge is -2.56. The van der Waals surface area contributed by atoms with E-state index in [9.17, 15) is 10.2 Å². The van der Waals surface area contributed by atoms with Gasteiger partial charge < -0.3 is 29.2 Å². The van der Waals surface area contributed by atoms with E-state index in [4.69, 9.17) is 18.9 Å². The van der Waals surface area contributed by atoms with Crippen LogP contribution in [0.25, 0.3) is 0 Å². The Morgan fingerprint density at radius 1 is 0.955 bits per heavy atom. The normalized spacial score (nSPS) is 47.5. The second kappa shape index (κ2) is 6.55. The molecule has 0 aromatic rings. The first-order chi connectivity index (χ1) is 10.7. The van der Waals surface area contributed by atoms with Crippen LogP contribution in [-0.4, -0.2) is 70.9 Å². The third kappa shape index (κ3) is 2.81. The van der Waals surface area contributed by atoms with Gasteiger partial charge in [0.15, 0.2) is 0 Å². The van der Waals surface area contributed by atoms with Crippen molar-refractivity contribution < 1.29 is 29.2 Å². The Morgan fingerprint density at radius 2 is 1.59 bits per heavy atom. The first-order valence-corrected chi connectivity index (χ1v) is 9.34. The zero-order chi connectivity index (χ0) is 15.1. The van der Waals surface area contributed by atoms with E-state index in [0.29, 0.717) is 6.61 Å². The van der Waals surface area contributed by atoms with Crippen LogP contribution in [0.2, 0.25) is 0 Å². The van der Waals surface area contributed by atoms with Crippen LogP contribution in [0.15, 0.2) is 0 Å². The van der Waals surface area contributed by atoms with Gasteiger partial charge in [0.1, 0.15) is 36.6 Å². The summed E-state index contributed by atoms with van der Waals surface area (Å²) in [5, 5.41) is 21.2. The van der Waals surface area contributed by atoms with E-state index in [1.165, 1.54) is 25.7 Å². The average Bonchev–Trinajstić information content (AvgIpc) is 3.03. The fraction of sp³-hybridized carbons (Fsp3) is 1.00. The van der Waals surface area contributed by atoms with E-state index in [-0.39, 0.29) is 0 Å². The molecular formula is C15H24O6S. The van der Waals surface area contributed by atoms with Crippen LogP contribution in [0.4, 0.5) is 0 Å². The molecule has 22 heavy (non-hydrogen) atoms. The minimum absolute atomic E-state index is 0.419. The van der Waals surface area contributed by atoms with Gasteiger partial charge in [-0.2, -0.15) is 11.8 Å². The molecule has 7 atom stereocenters. The van der Waals surface area contributed by atoms with Crippen molar-refractivity contribution in [3.63, 3.8) is 0 Å². The first-order valence-electron chi connectivity index (χ1n) is 8.30. The van der Waals surface area contributed by atoms with Crippen LogP contribution < -0.4 is 0 Å². The van der Waals surface area contributed by atoms with Crippen LogP contribution in [-0.2, 0) is 18.9 Å². The van der Waals surface area contributed by atoms with E-state index in [1.807, 2.05) is 11.8 Å². The highest BCUT2D eigenvalue weighted by Gasteiger charge is 2.61. The van der Waals surface area contributed by atoms with Crippen LogP contribution in [0.5, 0.6) is 0 Å². The lowest BCUT2D eigenvalue weighted by atomic mass is 9.82. The van der Waals surface area contributed by atoms with Crippen molar-refractivity contribution in [1.29, 1.82) is 0 Å². The zero-order valence-electron chi connectivity index (χ0n) is 12.5. The minimum Gasteiger partial charge on any atom is -0.387 e. The van der Waals surface area contributed by atoms with Gasteiger partial charge in [0.25, 0.3) is 6.48 Å². The van der Waals surface area contributed by atoms with Crippen molar-refractivity contribution in [2.75, 3.05) is 12.4 Å². The maximum atomic E-state index is 10.2. The molecule has 7 heteroatoms. The molecular weight excluding hydrogens is 308 g/mol. The number of ether oxygens (including phenoxy) is 4. The number of hydrogen-bond donors (Lipinski definition) is 2. The Hall–Kier alpha value is 0.110. The summed E-state index contributed by atoms with van der Waals surface area (Å²) in [5.41, 5.74) is 0. The molecule has 0 radical (unpaired) electrons. The van der Waals surface area contributed by atoms with Crippen molar-refractivity contribution >= 4 is 11.8 Å². The largest absolute Gasteiger partial charge is 0.387 e. The smallest absolute Gasteiger partial charge is 0.272 e. The quantitative estimate of drug-likeness (QED) is 0.691. The maximum absolute atomic E-state index is 10.2. The average molecular weight is 332 g/mol. The Morgan fingerprint density at radius 3 is 2.27 bits per heavy atom. The highest BCUT2D eigenvalue weighted by Crippen LogP contribution is 2.41. The molecule has 6 nitrogen and oxygen atoms in total. The molecule has 5 fully saturated rings. The van der Waals surface area contributed by atoms with Crippen molar-refractivity contribution in [1.82, 2.24) is 0 Å². The van der Waals surface area contributed by atoms with Crippen LogP contribution >= 0.6 is 11.8 Å². The van der Waals surface area contributed by atoms with Gasteiger partial charge in [-0.15, -0.1) is 0 Å². The van der Waals surface area contributed by atoms with E-state index >= 15 is 0 Å². The molecule has 2 aliphatic carbocycles. The summed E-state index contributed by atoms with van der Waals surface area (Å²) in [6.07, 6.45) is 2.71. The molecule has 0 aromatic carbocycles. The standard InChI is InChI=1S/C15H24O6S/c16-9-11-10(17)13-14(12(9)20-15(19-11)21-13)18-6-3-7-22-8-4-1-2-5-8/h8-17H,1-7H2/t9-,10-,11?,12-,13+,14?,15?/m1/s1. The molecule has 126 valence electrons. The molecule has 3 unspecified atom stereocenters. The summed E-state index contributed by atoms with van der Waals surface area (Å²) >= 11 is 2.04. The second-order valence-corrected chi connectivity index (χ2v) is 7.95. The summed E-state index contributed by atoms with van der Waals surface area (Å²) in [7, 11) is 0. The maximum Gasteiger partial charge on any atom is 0.272 e. The lowest BCUT2D eigenvalue weighted by molar-refractivity contribution is -0.483. The molecule has 3 heterocycles. The van der Waals surface area contributed by atoms with E-state index < -0.39 is 43.1 Å². The molecule has 5 rings (SSSR count). The molecule has 2 N–H and O–H groups in total. The Kier molecular flexibility index (Phi) is 4.65. The van der Waals surface area contributed by atoms with Gasteiger partial charge in [0, 0.05) is 11.9 Å². The molecule has 3 saturated heterocycles. The monoisotopic (exact) mass is 332 g/mol. The van der Waals surface area contributed by atoms with Gasteiger partial charge in [0.05, 0.1) is 0 Å². The Labute approximate surface area is 134 Å². The van der Waals surface area contributed by atoms with Crippen molar-refractivity contribution in [3.8, 4) is 0 Å². The highest BCUT2D eigenvalue weighted by molar-refractivity contribution is 7.99. The topological polar surface area (TPSA) is 77.4 Å². The SMILES string of the molecule is O[C@@H]1C2OC3O[C@@H]1C(OCCCSC1CCCC1)[C@H](O3)[C@@H]2O. The third-order valence-corrected chi connectivity index (χ3v) is 6.52. The van der Waals surface area contributed by atoms with Crippen molar-refractivity contribution in [3.05, 3.63) is 0 Å². The van der Waals surface area contributed by atoms with Crippen molar-refractivity contribution in [2.24, 2.45) is 0 Å². The fourth-order valence-corrected chi connectivity index (χ4v) is 5.17. The van der Waals surface area contributed by atoms with Crippen LogP contribution in [0, 0.1) is 0 Å². The van der Waals surface area contributed by atoms with E-state index in [2.05, 4.69) is 0 Å². The number of aliphatic hydroxyl groups is 2. The fourth-order valence-electron chi connectivity index (χ4n) is 3.88. The van der Waals surface area contributed by atoms with Gasteiger partial charge in [-0.3, -0.25) is 0 Å². The lowest BCUT2D eigenvalue weighted by Crippen LogP contribution is -2.75. The second-order valence-electron chi connectivity index (χ2n) is 6.54. The molecule has 5 aliphatic rings. The van der Waals surface area contributed by atoms with Crippen molar-refractivity contribution in [2.45, 2.75) is 80.5 Å². The van der Waals surface area contributed by atoms with E-state index in [1.54, 1.807) is 0 Å². The first kappa shape index (κ1) is 15.6. The van der Waals surface area contributed by atoms with Gasteiger partial charge >= 0.3 is 0 Å². The molecule has 2 saturated carbocycles. The Balaban J connectivity index is 1.24. The van der Waals surface area contributed by atoms with Gasteiger partial charge in [-0.25, -0.2) is 0 Å². The summed E-state index contributed by atoms with van der Waals surface area (Å²) in [6.45, 7) is -0.177. The van der Waals surface area contributed by atoms with Crippen LogP contribution in [0.3, 0.4) is 0 Å². The van der Waals surface area contributed by atoms with Crippen LogP contribution in [0.1, 0.15) is 32.1 Å². The summed E-state index contributed by atoms with van der Waals surface area (Å²) in [5.74, 6) is 1.09. The number of thioether (sulfide) groups is 1. The molecule has 3 aliphatic heterocycles. The van der Waals surface area contributed by atoms with E-state index in [0.717, 1.165) is 17.4 Å². The zero-order valence-corrected chi connectivity index (χ0v) is 13.3. The van der Waals surface area contributed by atoms with Gasteiger partial charge in [-0.1, -0.05) is 12.8 Å².